The minimum absolute atomic E-state index is 0.0135. The van der Waals surface area contributed by atoms with Gasteiger partial charge in [-0.3, -0.25) is 4.79 Å². The summed E-state index contributed by atoms with van der Waals surface area (Å²) < 4.78 is 22.4. The van der Waals surface area contributed by atoms with Gasteiger partial charge >= 0.3 is 0 Å². The fraction of sp³-hybridized carbons (Fsp3) is 0.917. The van der Waals surface area contributed by atoms with E-state index in [-0.39, 0.29) is 23.6 Å². The largest absolute Gasteiger partial charge is 0.352 e. The molecular formula is C12H24N2O3S. The van der Waals surface area contributed by atoms with Gasteiger partial charge in [-0.05, 0) is 25.8 Å². The maximum Gasteiger partial charge on any atom is 0.228 e. The lowest BCUT2D eigenvalue weighted by atomic mass is 9.75. The van der Waals surface area contributed by atoms with Crippen LogP contribution in [0.1, 0.15) is 27.2 Å². The summed E-state index contributed by atoms with van der Waals surface area (Å²) >= 11 is 0. The van der Waals surface area contributed by atoms with Crippen molar-refractivity contribution in [2.75, 3.05) is 25.1 Å². The van der Waals surface area contributed by atoms with Crippen molar-refractivity contribution in [3.63, 3.8) is 0 Å². The minimum atomic E-state index is -3.06. The Labute approximate surface area is 110 Å². The average molecular weight is 276 g/mol. The normalized spacial score (nSPS) is 26.3. The van der Waals surface area contributed by atoms with Crippen LogP contribution in [0.25, 0.3) is 0 Å². The highest BCUT2D eigenvalue weighted by atomic mass is 32.2. The Bertz CT molecular complexity index is 398. The maximum absolute atomic E-state index is 12.4. The van der Waals surface area contributed by atoms with Gasteiger partial charge in [0.25, 0.3) is 0 Å². The molecule has 0 aromatic rings. The summed E-state index contributed by atoms with van der Waals surface area (Å²) in [5.74, 6) is 0.192. The fourth-order valence-electron chi connectivity index (χ4n) is 2.52. The molecule has 1 fully saturated rings. The van der Waals surface area contributed by atoms with Crippen LogP contribution < -0.4 is 10.6 Å². The van der Waals surface area contributed by atoms with E-state index < -0.39 is 15.3 Å². The molecule has 0 aromatic carbocycles. The van der Waals surface area contributed by atoms with Crippen molar-refractivity contribution in [2.45, 2.75) is 33.2 Å². The van der Waals surface area contributed by atoms with Crippen LogP contribution in [0.2, 0.25) is 0 Å². The number of nitrogens with one attached hydrogen (secondary N) is 2. The van der Waals surface area contributed by atoms with Crippen molar-refractivity contribution in [3.8, 4) is 0 Å². The highest BCUT2D eigenvalue weighted by Crippen LogP contribution is 2.34. The monoisotopic (exact) mass is 276 g/mol. The first-order chi connectivity index (χ1) is 8.17. The van der Waals surface area contributed by atoms with Gasteiger partial charge in [0.05, 0.1) is 11.2 Å². The molecule has 5 nitrogen and oxygen atoms in total. The first-order valence-electron chi connectivity index (χ1n) is 6.37. The van der Waals surface area contributed by atoms with Crippen LogP contribution in [0.5, 0.6) is 0 Å². The molecule has 1 aliphatic rings. The molecule has 1 saturated heterocycles. The van der Waals surface area contributed by atoms with Crippen LogP contribution in [-0.2, 0) is 14.6 Å². The van der Waals surface area contributed by atoms with E-state index in [0.29, 0.717) is 6.54 Å². The lowest BCUT2D eigenvalue weighted by Gasteiger charge is -2.32. The van der Waals surface area contributed by atoms with Gasteiger partial charge in [-0.2, -0.15) is 0 Å². The standard InChI is InChI=1S/C12H24N2O3S/c1-9(2)12(5-6-13-8-12)11(15)14-10(3)7-18(4,16)17/h9-10,13H,5-8H2,1-4H3,(H,14,15). The predicted molar refractivity (Wildman–Crippen MR) is 72.1 cm³/mol. The molecule has 1 aliphatic heterocycles. The predicted octanol–water partition coefficient (Wildman–Crippen LogP) is 0.171. The van der Waals surface area contributed by atoms with Gasteiger partial charge in [-0.25, -0.2) is 8.42 Å². The van der Waals surface area contributed by atoms with Crippen LogP contribution in [0.4, 0.5) is 0 Å². The summed E-state index contributed by atoms with van der Waals surface area (Å²) in [6.07, 6.45) is 1.99. The Kier molecular flexibility index (Phi) is 4.78. The third-order valence-electron chi connectivity index (χ3n) is 3.68. The van der Waals surface area contributed by atoms with Gasteiger partial charge < -0.3 is 10.6 Å². The molecule has 0 aliphatic carbocycles. The molecule has 6 heteroatoms. The van der Waals surface area contributed by atoms with E-state index in [1.54, 1.807) is 6.92 Å². The third kappa shape index (κ3) is 3.68. The number of amides is 1. The molecular weight excluding hydrogens is 252 g/mol. The first kappa shape index (κ1) is 15.4. The van der Waals surface area contributed by atoms with Gasteiger partial charge in [0.2, 0.25) is 5.91 Å². The molecule has 1 heterocycles. The molecule has 0 spiro atoms. The summed E-state index contributed by atoms with van der Waals surface area (Å²) in [6, 6.07) is -0.344. The Morgan fingerprint density at radius 3 is 2.39 bits per heavy atom. The lowest BCUT2D eigenvalue weighted by molar-refractivity contribution is -0.132. The van der Waals surface area contributed by atoms with Crippen molar-refractivity contribution >= 4 is 15.7 Å². The number of rotatable bonds is 5. The molecule has 0 radical (unpaired) electrons. The van der Waals surface area contributed by atoms with Crippen LogP contribution in [0.3, 0.4) is 0 Å². The van der Waals surface area contributed by atoms with Crippen LogP contribution >= 0.6 is 0 Å². The number of hydrogen-bond donors (Lipinski definition) is 2. The van der Waals surface area contributed by atoms with E-state index in [0.717, 1.165) is 13.0 Å². The second-order valence-corrected chi connectivity index (χ2v) is 7.89. The average Bonchev–Trinajstić information content (AvgIpc) is 2.63. The van der Waals surface area contributed by atoms with E-state index in [1.165, 1.54) is 6.26 Å². The summed E-state index contributed by atoms with van der Waals surface area (Å²) in [5.41, 5.74) is -0.397. The molecule has 2 atom stereocenters. The minimum Gasteiger partial charge on any atom is -0.352 e. The molecule has 0 bridgehead atoms. The van der Waals surface area contributed by atoms with E-state index >= 15 is 0 Å². The molecule has 18 heavy (non-hydrogen) atoms. The van der Waals surface area contributed by atoms with Crippen molar-refractivity contribution in [3.05, 3.63) is 0 Å². The SMILES string of the molecule is CC(CS(C)(=O)=O)NC(=O)C1(C(C)C)CCNC1. The van der Waals surface area contributed by atoms with Gasteiger partial charge in [-0.1, -0.05) is 13.8 Å². The molecule has 1 rings (SSSR count). The van der Waals surface area contributed by atoms with E-state index in [9.17, 15) is 13.2 Å². The van der Waals surface area contributed by atoms with E-state index in [1.807, 2.05) is 13.8 Å². The van der Waals surface area contributed by atoms with Crippen molar-refractivity contribution in [2.24, 2.45) is 11.3 Å². The summed E-state index contributed by atoms with van der Waals surface area (Å²) in [5, 5.41) is 6.06. The molecule has 0 saturated carbocycles. The zero-order valence-corrected chi connectivity index (χ0v) is 12.4. The Hall–Kier alpha value is -0.620. The van der Waals surface area contributed by atoms with E-state index in [2.05, 4.69) is 10.6 Å². The maximum atomic E-state index is 12.4. The Morgan fingerprint density at radius 1 is 1.39 bits per heavy atom. The quantitative estimate of drug-likeness (QED) is 0.751. The van der Waals surface area contributed by atoms with Crippen molar-refractivity contribution in [1.29, 1.82) is 0 Å². The van der Waals surface area contributed by atoms with E-state index in [4.69, 9.17) is 0 Å². The third-order valence-corrected chi connectivity index (χ3v) is 4.78. The molecule has 2 N–H and O–H groups in total. The molecule has 2 unspecified atom stereocenters. The van der Waals surface area contributed by atoms with Gasteiger partial charge in [0.1, 0.15) is 9.84 Å². The zero-order valence-electron chi connectivity index (χ0n) is 11.6. The summed E-state index contributed by atoms with van der Waals surface area (Å²) in [4.78, 5) is 12.4. The van der Waals surface area contributed by atoms with Crippen LogP contribution in [-0.4, -0.2) is 45.5 Å². The number of sulfone groups is 1. The highest BCUT2D eigenvalue weighted by Gasteiger charge is 2.44. The Balaban J connectivity index is 2.69. The molecule has 1 amide bonds. The second kappa shape index (κ2) is 5.57. The second-order valence-electron chi connectivity index (χ2n) is 5.70. The molecule has 0 aromatic heterocycles. The smallest absolute Gasteiger partial charge is 0.228 e. The number of carbonyl (C=O) groups is 1. The zero-order chi connectivity index (χ0) is 14.0. The van der Waals surface area contributed by atoms with Crippen LogP contribution in [0.15, 0.2) is 0 Å². The van der Waals surface area contributed by atoms with Crippen molar-refractivity contribution in [1.82, 2.24) is 10.6 Å². The number of hydrogen-bond acceptors (Lipinski definition) is 4. The van der Waals surface area contributed by atoms with Crippen LogP contribution in [0, 0.1) is 11.3 Å². The number of carbonyl (C=O) groups excluding carboxylic acids is 1. The Morgan fingerprint density at radius 2 is 2.00 bits per heavy atom. The summed E-state index contributed by atoms with van der Waals surface area (Å²) in [6.45, 7) is 7.31. The topological polar surface area (TPSA) is 75.3 Å². The molecule has 106 valence electrons. The first-order valence-corrected chi connectivity index (χ1v) is 8.43. The van der Waals surface area contributed by atoms with Gasteiger partial charge in [0.15, 0.2) is 0 Å². The highest BCUT2D eigenvalue weighted by molar-refractivity contribution is 7.90. The van der Waals surface area contributed by atoms with Gasteiger partial charge in [-0.15, -0.1) is 0 Å². The lowest BCUT2D eigenvalue weighted by Crippen LogP contribution is -2.50. The summed E-state index contributed by atoms with van der Waals surface area (Å²) in [7, 11) is -3.06. The van der Waals surface area contributed by atoms with Crippen molar-refractivity contribution < 1.29 is 13.2 Å². The van der Waals surface area contributed by atoms with Gasteiger partial charge in [0, 0.05) is 18.8 Å². The fourth-order valence-corrected chi connectivity index (χ4v) is 3.51.